The van der Waals surface area contributed by atoms with Crippen molar-refractivity contribution in [2.45, 2.75) is 51.6 Å². The minimum atomic E-state index is 0.336. The highest BCUT2D eigenvalue weighted by Crippen LogP contribution is 2.20. The molecule has 0 bridgehead atoms. The predicted octanol–water partition coefficient (Wildman–Crippen LogP) is 2.20. The fourth-order valence-electron chi connectivity index (χ4n) is 2.57. The number of carbonyl (C=O) groups is 1. The highest BCUT2D eigenvalue weighted by atomic mass is 16.5. The molecule has 2 rings (SSSR count). The number of nitrogens with zero attached hydrogens (tertiary/aromatic N) is 1. The van der Waals surface area contributed by atoms with E-state index in [0.717, 1.165) is 38.5 Å². The van der Waals surface area contributed by atoms with E-state index in [2.05, 4.69) is 6.92 Å². The molecule has 2 aliphatic rings. The molecule has 2 saturated heterocycles. The van der Waals surface area contributed by atoms with Gasteiger partial charge in [-0.15, -0.1) is 0 Å². The van der Waals surface area contributed by atoms with Gasteiger partial charge in [0.1, 0.15) is 0 Å². The molecule has 92 valence electrons. The number of rotatable bonds is 3. The van der Waals surface area contributed by atoms with Crippen LogP contribution in [0, 0.1) is 5.92 Å². The number of hydrogen-bond acceptors (Lipinski definition) is 2. The molecule has 1 unspecified atom stereocenters. The first-order chi connectivity index (χ1) is 7.75. The summed E-state index contributed by atoms with van der Waals surface area (Å²) in [5.74, 6) is 1.13. The Balaban J connectivity index is 1.67. The van der Waals surface area contributed by atoms with Gasteiger partial charge in [0, 0.05) is 26.1 Å². The van der Waals surface area contributed by atoms with Crippen molar-refractivity contribution in [3.63, 3.8) is 0 Å². The number of amides is 1. The zero-order valence-corrected chi connectivity index (χ0v) is 10.3. The summed E-state index contributed by atoms with van der Waals surface area (Å²) in [6, 6.07) is 0. The summed E-state index contributed by atoms with van der Waals surface area (Å²) in [4.78, 5) is 14.0. The van der Waals surface area contributed by atoms with Crippen molar-refractivity contribution < 1.29 is 9.53 Å². The summed E-state index contributed by atoms with van der Waals surface area (Å²) in [6.45, 7) is 5.09. The van der Waals surface area contributed by atoms with Gasteiger partial charge in [-0.05, 0) is 38.0 Å². The SMILES string of the molecule is CC1CCN(C(=O)CCC2CCCO2)CC1. The van der Waals surface area contributed by atoms with Crippen LogP contribution in [0.25, 0.3) is 0 Å². The Kier molecular flexibility index (Phi) is 4.22. The number of piperidine rings is 1. The van der Waals surface area contributed by atoms with Gasteiger partial charge < -0.3 is 9.64 Å². The summed E-state index contributed by atoms with van der Waals surface area (Å²) in [6.07, 6.45) is 6.61. The lowest BCUT2D eigenvalue weighted by atomic mass is 9.99. The van der Waals surface area contributed by atoms with Crippen molar-refractivity contribution >= 4 is 5.91 Å². The molecule has 0 radical (unpaired) electrons. The van der Waals surface area contributed by atoms with Crippen molar-refractivity contribution in [2.75, 3.05) is 19.7 Å². The number of carbonyl (C=O) groups excluding carboxylic acids is 1. The van der Waals surface area contributed by atoms with E-state index in [9.17, 15) is 4.79 Å². The van der Waals surface area contributed by atoms with Crippen LogP contribution in [-0.2, 0) is 9.53 Å². The molecule has 3 nitrogen and oxygen atoms in total. The van der Waals surface area contributed by atoms with Gasteiger partial charge in [0.25, 0.3) is 0 Å². The summed E-state index contributed by atoms with van der Waals surface area (Å²) < 4.78 is 5.54. The van der Waals surface area contributed by atoms with E-state index < -0.39 is 0 Å². The maximum atomic E-state index is 11.9. The molecule has 2 aliphatic heterocycles. The third kappa shape index (κ3) is 3.21. The Morgan fingerprint density at radius 3 is 2.69 bits per heavy atom. The number of hydrogen-bond donors (Lipinski definition) is 0. The van der Waals surface area contributed by atoms with E-state index in [-0.39, 0.29) is 0 Å². The number of ether oxygens (including phenoxy) is 1. The van der Waals surface area contributed by atoms with Crippen LogP contribution in [0.15, 0.2) is 0 Å². The first kappa shape index (κ1) is 11.9. The molecule has 16 heavy (non-hydrogen) atoms. The molecular weight excluding hydrogens is 202 g/mol. The van der Waals surface area contributed by atoms with E-state index in [1.165, 1.54) is 19.3 Å². The minimum absolute atomic E-state index is 0.336. The molecule has 2 heterocycles. The topological polar surface area (TPSA) is 29.5 Å². The van der Waals surface area contributed by atoms with E-state index in [1.54, 1.807) is 0 Å². The van der Waals surface area contributed by atoms with Crippen LogP contribution in [0.3, 0.4) is 0 Å². The Hall–Kier alpha value is -0.570. The second-order valence-corrected chi connectivity index (χ2v) is 5.24. The monoisotopic (exact) mass is 225 g/mol. The summed E-state index contributed by atoms with van der Waals surface area (Å²) in [7, 11) is 0. The molecule has 1 atom stereocenters. The lowest BCUT2D eigenvalue weighted by Crippen LogP contribution is -2.38. The highest BCUT2D eigenvalue weighted by Gasteiger charge is 2.22. The van der Waals surface area contributed by atoms with E-state index in [4.69, 9.17) is 4.74 Å². The van der Waals surface area contributed by atoms with Gasteiger partial charge in [-0.2, -0.15) is 0 Å². The third-order valence-electron chi connectivity index (χ3n) is 3.84. The second-order valence-electron chi connectivity index (χ2n) is 5.24. The summed E-state index contributed by atoms with van der Waals surface area (Å²) >= 11 is 0. The Morgan fingerprint density at radius 1 is 1.31 bits per heavy atom. The van der Waals surface area contributed by atoms with Crippen molar-refractivity contribution in [2.24, 2.45) is 5.92 Å². The van der Waals surface area contributed by atoms with Crippen molar-refractivity contribution in [1.29, 1.82) is 0 Å². The maximum Gasteiger partial charge on any atom is 0.222 e. The highest BCUT2D eigenvalue weighted by molar-refractivity contribution is 5.76. The Bertz CT molecular complexity index is 228. The van der Waals surface area contributed by atoms with E-state index in [1.807, 2.05) is 4.90 Å². The normalized spacial score (nSPS) is 27.3. The first-order valence-electron chi connectivity index (χ1n) is 6.65. The van der Waals surface area contributed by atoms with Gasteiger partial charge in [0.05, 0.1) is 6.10 Å². The molecule has 2 fully saturated rings. The van der Waals surface area contributed by atoms with Crippen molar-refractivity contribution in [3.05, 3.63) is 0 Å². The van der Waals surface area contributed by atoms with Crippen LogP contribution in [0.4, 0.5) is 0 Å². The van der Waals surface area contributed by atoms with Crippen molar-refractivity contribution in [3.8, 4) is 0 Å². The summed E-state index contributed by atoms with van der Waals surface area (Å²) in [5.41, 5.74) is 0. The van der Waals surface area contributed by atoms with Crippen molar-refractivity contribution in [1.82, 2.24) is 4.90 Å². The standard InChI is InChI=1S/C13H23NO2/c1-11-6-8-14(9-7-11)13(15)5-4-12-3-2-10-16-12/h11-12H,2-10H2,1H3. The van der Waals surface area contributed by atoms with Gasteiger partial charge in [-0.1, -0.05) is 6.92 Å². The predicted molar refractivity (Wildman–Crippen MR) is 63.2 cm³/mol. The largest absolute Gasteiger partial charge is 0.378 e. The van der Waals surface area contributed by atoms with E-state index >= 15 is 0 Å². The summed E-state index contributed by atoms with van der Waals surface area (Å²) in [5, 5.41) is 0. The van der Waals surface area contributed by atoms with Crippen LogP contribution in [0.5, 0.6) is 0 Å². The lowest BCUT2D eigenvalue weighted by molar-refractivity contribution is -0.133. The van der Waals surface area contributed by atoms with Gasteiger partial charge in [-0.25, -0.2) is 0 Å². The van der Waals surface area contributed by atoms with Crippen LogP contribution >= 0.6 is 0 Å². The second kappa shape index (κ2) is 5.67. The molecule has 0 aromatic heterocycles. The molecule has 1 amide bonds. The van der Waals surface area contributed by atoms with Crippen LogP contribution < -0.4 is 0 Å². The van der Waals surface area contributed by atoms with Gasteiger partial charge in [0.2, 0.25) is 5.91 Å². The number of likely N-dealkylation sites (tertiary alicyclic amines) is 1. The molecule has 0 N–H and O–H groups in total. The zero-order valence-electron chi connectivity index (χ0n) is 10.3. The molecule has 0 aromatic rings. The fourth-order valence-corrected chi connectivity index (χ4v) is 2.57. The molecular formula is C13H23NO2. The molecule has 0 aromatic carbocycles. The van der Waals surface area contributed by atoms with E-state index in [0.29, 0.717) is 18.4 Å². The van der Waals surface area contributed by atoms with Gasteiger partial charge in [-0.3, -0.25) is 4.79 Å². The third-order valence-corrected chi connectivity index (χ3v) is 3.84. The van der Waals surface area contributed by atoms with Gasteiger partial charge in [0.15, 0.2) is 0 Å². The Labute approximate surface area is 98.1 Å². The molecule has 0 saturated carbocycles. The smallest absolute Gasteiger partial charge is 0.222 e. The van der Waals surface area contributed by atoms with Crippen LogP contribution in [0.2, 0.25) is 0 Å². The average Bonchev–Trinajstić information content (AvgIpc) is 2.80. The molecule has 0 spiro atoms. The molecule has 3 heteroatoms. The van der Waals surface area contributed by atoms with Gasteiger partial charge >= 0.3 is 0 Å². The van der Waals surface area contributed by atoms with Crippen LogP contribution in [0.1, 0.15) is 45.4 Å². The molecule has 0 aliphatic carbocycles. The van der Waals surface area contributed by atoms with Crippen LogP contribution in [-0.4, -0.2) is 36.6 Å². The quantitative estimate of drug-likeness (QED) is 0.737. The zero-order chi connectivity index (χ0) is 11.4. The lowest BCUT2D eigenvalue weighted by Gasteiger charge is -2.30. The minimum Gasteiger partial charge on any atom is -0.378 e. The Morgan fingerprint density at radius 2 is 2.06 bits per heavy atom. The average molecular weight is 225 g/mol. The maximum absolute atomic E-state index is 11.9. The fraction of sp³-hybridized carbons (Fsp3) is 0.923. The first-order valence-corrected chi connectivity index (χ1v) is 6.65.